The van der Waals surface area contributed by atoms with E-state index >= 15 is 0 Å². The van der Waals surface area contributed by atoms with Gasteiger partial charge in [-0.1, -0.05) is 43.7 Å². The van der Waals surface area contributed by atoms with E-state index in [0.717, 1.165) is 37.1 Å². The van der Waals surface area contributed by atoms with Gasteiger partial charge >= 0.3 is 0 Å². The summed E-state index contributed by atoms with van der Waals surface area (Å²) in [6.07, 6.45) is 2.02. The third-order valence-electron chi connectivity index (χ3n) is 4.14. The van der Waals surface area contributed by atoms with Gasteiger partial charge in [-0.15, -0.1) is 12.4 Å². The van der Waals surface area contributed by atoms with Gasteiger partial charge in [0.25, 0.3) is 0 Å². The molecule has 1 aliphatic heterocycles. The van der Waals surface area contributed by atoms with E-state index in [9.17, 15) is 8.42 Å². The minimum Gasteiger partial charge on any atom is -0.309 e. The Balaban J connectivity index is 0.00000208. The van der Waals surface area contributed by atoms with Crippen LogP contribution >= 0.6 is 12.4 Å². The van der Waals surface area contributed by atoms with E-state index in [-0.39, 0.29) is 12.4 Å². The second-order valence-corrected chi connectivity index (χ2v) is 7.69. The first-order valence-electron chi connectivity index (χ1n) is 7.98. The lowest BCUT2D eigenvalue weighted by molar-refractivity contribution is 0.581. The van der Waals surface area contributed by atoms with Crippen molar-refractivity contribution in [1.29, 1.82) is 0 Å². The van der Waals surface area contributed by atoms with E-state index < -0.39 is 10.0 Å². The summed E-state index contributed by atoms with van der Waals surface area (Å²) in [6, 6.07) is 13.3. The van der Waals surface area contributed by atoms with Crippen molar-refractivity contribution >= 4 is 22.4 Å². The summed E-state index contributed by atoms with van der Waals surface area (Å²) in [4.78, 5) is 0.320. The first-order chi connectivity index (χ1) is 11.1. The number of halogens is 1. The Kier molecular flexibility index (Phi) is 6.40. The Hall–Kier alpha value is -1.40. The predicted octanol–water partition coefficient (Wildman–Crippen LogP) is 3.14. The van der Waals surface area contributed by atoms with Crippen molar-refractivity contribution < 1.29 is 8.42 Å². The second kappa shape index (κ2) is 8.12. The zero-order chi connectivity index (χ0) is 16.3. The molecule has 2 aromatic rings. The summed E-state index contributed by atoms with van der Waals surface area (Å²) in [7, 11) is -3.47. The van der Waals surface area contributed by atoms with Gasteiger partial charge in [-0.3, -0.25) is 0 Å². The standard InChI is InChI=1S/C18H22N2O2S.ClH/c1-2-3-14-5-8-18(9-6-14)23(21,22)20-11-15-4-7-16-12-19-13-17(16)10-15;/h4-10,19-20H,2-3,11-13H2,1H3;1H. The molecule has 0 unspecified atom stereocenters. The molecule has 0 radical (unpaired) electrons. The number of rotatable bonds is 6. The quantitative estimate of drug-likeness (QED) is 0.825. The number of hydrogen-bond donors (Lipinski definition) is 2. The van der Waals surface area contributed by atoms with Crippen LogP contribution < -0.4 is 10.0 Å². The van der Waals surface area contributed by atoms with Crippen LogP contribution in [0.5, 0.6) is 0 Å². The summed E-state index contributed by atoms with van der Waals surface area (Å²) >= 11 is 0. The summed E-state index contributed by atoms with van der Waals surface area (Å²) in [5.41, 5.74) is 4.70. The fourth-order valence-corrected chi connectivity index (χ4v) is 3.86. The van der Waals surface area contributed by atoms with Gasteiger partial charge in [-0.05, 0) is 40.8 Å². The molecule has 2 N–H and O–H groups in total. The van der Waals surface area contributed by atoms with Crippen LogP contribution in [0.25, 0.3) is 0 Å². The highest BCUT2D eigenvalue weighted by atomic mass is 35.5. The zero-order valence-corrected chi connectivity index (χ0v) is 15.3. The fraction of sp³-hybridized carbons (Fsp3) is 0.333. The van der Waals surface area contributed by atoms with Crippen molar-refractivity contribution in [3.05, 3.63) is 64.7 Å². The van der Waals surface area contributed by atoms with E-state index in [0.29, 0.717) is 11.4 Å². The zero-order valence-electron chi connectivity index (χ0n) is 13.7. The van der Waals surface area contributed by atoms with E-state index in [1.165, 1.54) is 11.1 Å². The molecular formula is C18H23ClN2O2S. The lowest BCUT2D eigenvalue weighted by Crippen LogP contribution is -2.23. The molecule has 0 atom stereocenters. The van der Waals surface area contributed by atoms with Crippen LogP contribution in [0.1, 0.15) is 35.6 Å². The molecule has 0 aromatic heterocycles. The summed E-state index contributed by atoms with van der Waals surface area (Å²) < 4.78 is 27.5. The van der Waals surface area contributed by atoms with Crippen molar-refractivity contribution in [2.24, 2.45) is 0 Å². The minimum absolute atomic E-state index is 0. The Morgan fingerprint density at radius 3 is 2.38 bits per heavy atom. The van der Waals surface area contributed by atoms with Gasteiger partial charge in [0.1, 0.15) is 0 Å². The molecule has 3 rings (SSSR count). The second-order valence-electron chi connectivity index (χ2n) is 5.93. The molecule has 0 fully saturated rings. The largest absolute Gasteiger partial charge is 0.309 e. The molecule has 0 bridgehead atoms. The number of fused-ring (bicyclic) bond motifs is 1. The van der Waals surface area contributed by atoms with Gasteiger partial charge in [0.2, 0.25) is 10.0 Å². The van der Waals surface area contributed by atoms with Crippen LogP contribution in [0.2, 0.25) is 0 Å². The molecule has 0 saturated carbocycles. The molecule has 0 saturated heterocycles. The number of nitrogens with one attached hydrogen (secondary N) is 2. The van der Waals surface area contributed by atoms with Gasteiger partial charge in [0.15, 0.2) is 0 Å². The van der Waals surface area contributed by atoms with Crippen molar-refractivity contribution in [3.8, 4) is 0 Å². The maximum absolute atomic E-state index is 12.4. The van der Waals surface area contributed by atoms with Crippen LogP contribution in [0, 0.1) is 0 Å². The molecule has 0 spiro atoms. The van der Waals surface area contributed by atoms with Gasteiger partial charge in [0.05, 0.1) is 4.90 Å². The highest BCUT2D eigenvalue weighted by Crippen LogP contribution is 2.18. The molecule has 4 nitrogen and oxygen atoms in total. The topological polar surface area (TPSA) is 58.2 Å². The molecule has 1 heterocycles. The first-order valence-corrected chi connectivity index (χ1v) is 9.47. The third kappa shape index (κ3) is 4.36. The summed E-state index contributed by atoms with van der Waals surface area (Å²) in [5, 5.41) is 3.29. The Labute approximate surface area is 150 Å². The normalized spacial score (nSPS) is 13.4. The Morgan fingerprint density at radius 1 is 1.00 bits per heavy atom. The Morgan fingerprint density at radius 2 is 1.67 bits per heavy atom. The maximum atomic E-state index is 12.4. The fourth-order valence-electron chi connectivity index (χ4n) is 2.84. The highest BCUT2D eigenvalue weighted by Gasteiger charge is 2.15. The number of sulfonamides is 1. The van der Waals surface area contributed by atoms with Gasteiger partial charge < -0.3 is 5.32 Å². The smallest absolute Gasteiger partial charge is 0.240 e. The SMILES string of the molecule is CCCc1ccc(S(=O)(=O)NCc2ccc3c(c2)CNC3)cc1.Cl. The van der Waals surface area contributed by atoms with Crippen LogP contribution in [-0.2, 0) is 36.1 Å². The summed E-state index contributed by atoms with van der Waals surface area (Å²) in [6.45, 7) is 4.17. The lowest BCUT2D eigenvalue weighted by Gasteiger charge is -2.09. The molecule has 6 heteroatoms. The number of hydrogen-bond acceptors (Lipinski definition) is 3. The van der Waals surface area contributed by atoms with Gasteiger partial charge in [-0.2, -0.15) is 0 Å². The number of benzene rings is 2. The molecule has 130 valence electrons. The van der Waals surface area contributed by atoms with Crippen molar-refractivity contribution in [2.45, 2.75) is 44.3 Å². The Bertz CT molecular complexity index is 789. The average Bonchev–Trinajstić information content (AvgIpc) is 3.01. The van der Waals surface area contributed by atoms with Gasteiger partial charge in [0, 0.05) is 19.6 Å². The highest BCUT2D eigenvalue weighted by molar-refractivity contribution is 7.89. The van der Waals surface area contributed by atoms with E-state index in [2.05, 4.69) is 29.1 Å². The number of aryl methyl sites for hydroxylation is 1. The van der Waals surface area contributed by atoms with Crippen LogP contribution in [0.4, 0.5) is 0 Å². The first kappa shape index (κ1) is 18.9. The van der Waals surface area contributed by atoms with Crippen LogP contribution in [0.15, 0.2) is 47.4 Å². The molecule has 2 aromatic carbocycles. The van der Waals surface area contributed by atoms with Crippen molar-refractivity contribution in [3.63, 3.8) is 0 Å². The average molecular weight is 367 g/mol. The van der Waals surface area contributed by atoms with Crippen LogP contribution in [-0.4, -0.2) is 8.42 Å². The van der Waals surface area contributed by atoms with E-state index in [1.807, 2.05) is 18.2 Å². The molecule has 1 aliphatic rings. The predicted molar refractivity (Wildman–Crippen MR) is 98.7 cm³/mol. The van der Waals surface area contributed by atoms with Crippen LogP contribution in [0.3, 0.4) is 0 Å². The maximum Gasteiger partial charge on any atom is 0.240 e. The van der Waals surface area contributed by atoms with Crippen molar-refractivity contribution in [2.75, 3.05) is 0 Å². The van der Waals surface area contributed by atoms with E-state index in [4.69, 9.17) is 0 Å². The van der Waals surface area contributed by atoms with E-state index in [1.54, 1.807) is 12.1 Å². The van der Waals surface area contributed by atoms with Crippen molar-refractivity contribution in [1.82, 2.24) is 10.0 Å². The lowest BCUT2D eigenvalue weighted by atomic mass is 10.1. The summed E-state index contributed by atoms with van der Waals surface area (Å²) in [5.74, 6) is 0. The third-order valence-corrected chi connectivity index (χ3v) is 5.56. The molecular weight excluding hydrogens is 344 g/mol. The minimum atomic E-state index is -3.47. The molecule has 24 heavy (non-hydrogen) atoms. The molecule has 0 aliphatic carbocycles. The van der Waals surface area contributed by atoms with Gasteiger partial charge in [-0.25, -0.2) is 13.1 Å². The monoisotopic (exact) mass is 366 g/mol. The molecule has 0 amide bonds.